The zero-order valence-corrected chi connectivity index (χ0v) is 10.0. The number of aryl methyl sites for hydroxylation is 1. The van der Waals surface area contributed by atoms with Crippen molar-refractivity contribution in [3.63, 3.8) is 0 Å². The molecule has 3 heteroatoms. The Morgan fingerprint density at radius 3 is 2.56 bits per heavy atom. The Hall–Kier alpha value is -1.90. The van der Waals surface area contributed by atoms with Crippen LogP contribution in [0.4, 0.5) is 4.39 Å². The fourth-order valence-corrected chi connectivity index (χ4v) is 2.63. The molecule has 1 N–H and O–H groups in total. The van der Waals surface area contributed by atoms with Crippen LogP contribution >= 0.6 is 0 Å². The molecule has 1 aromatic heterocycles. The molecule has 1 aromatic carbocycles. The van der Waals surface area contributed by atoms with Gasteiger partial charge in [0.15, 0.2) is 0 Å². The summed E-state index contributed by atoms with van der Waals surface area (Å²) >= 11 is 0. The zero-order valence-electron chi connectivity index (χ0n) is 10.0. The van der Waals surface area contributed by atoms with Crippen molar-refractivity contribution < 1.29 is 4.39 Å². The van der Waals surface area contributed by atoms with Crippen molar-refractivity contribution >= 4 is 0 Å². The van der Waals surface area contributed by atoms with E-state index in [9.17, 15) is 9.18 Å². The molecule has 0 unspecified atom stereocenters. The van der Waals surface area contributed by atoms with Crippen LogP contribution < -0.4 is 5.56 Å². The Morgan fingerprint density at radius 2 is 1.78 bits per heavy atom. The molecule has 0 atom stereocenters. The average Bonchev–Trinajstić information content (AvgIpc) is 2.38. The first-order valence-electron chi connectivity index (χ1n) is 6.25. The van der Waals surface area contributed by atoms with Gasteiger partial charge >= 0.3 is 0 Å². The molecule has 1 aliphatic rings. The van der Waals surface area contributed by atoms with Gasteiger partial charge in [-0.3, -0.25) is 4.79 Å². The highest BCUT2D eigenvalue weighted by Crippen LogP contribution is 2.29. The minimum atomic E-state index is -0.252. The second-order valence-electron chi connectivity index (χ2n) is 4.72. The molecule has 0 aliphatic heterocycles. The number of hydrogen-bond acceptors (Lipinski definition) is 1. The van der Waals surface area contributed by atoms with Crippen molar-refractivity contribution in [2.75, 3.05) is 0 Å². The standard InChI is InChI=1S/C15H14FNO/c16-11-7-5-10(6-8-11)13-9-15(18)17-14-4-2-1-3-12(13)14/h5-9H,1-4H2,(H,17,18). The molecule has 92 valence electrons. The maximum atomic E-state index is 13.0. The second-order valence-corrected chi connectivity index (χ2v) is 4.72. The van der Waals surface area contributed by atoms with E-state index >= 15 is 0 Å². The topological polar surface area (TPSA) is 32.9 Å². The minimum absolute atomic E-state index is 0.0741. The molecule has 0 bridgehead atoms. The molecule has 0 fully saturated rings. The molecule has 0 spiro atoms. The van der Waals surface area contributed by atoms with Crippen LogP contribution in [0.15, 0.2) is 35.1 Å². The summed E-state index contributed by atoms with van der Waals surface area (Å²) in [6.07, 6.45) is 4.18. The first kappa shape index (κ1) is 11.2. The molecule has 2 aromatic rings. The highest BCUT2D eigenvalue weighted by molar-refractivity contribution is 5.68. The van der Waals surface area contributed by atoms with E-state index in [1.807, 2.05) is 0 Å². The van der Waals surface area contributed by atoms with Crippen LogP contribution in [0.25, 0.3) is 11.1 Å². The lowest BCUT2D eigenvalue weighted by Crippen LogP contribution is -2.15. The van der Waals surface area contributed by atoms with Gasteiger partial charge in [-0.25, -0.2) is 4.39 Å². The van der Waals surface area contributed by atoms with Crippen LogP contribution in [0.3, 0.4) is 0 Å². The predicted molar refractivity (Wildman–Crippen MR) is 69.1 cm³/mol. The van der Waals surface area contributed by atoms with Crippen molar-refractivity contribution in [2.24, 2.45) is 0 Å². The van der Waals surface area contributed by atoms with E-state index in [0.717, 1.165) is 42.5 Å². The first-order valence-corrected chi connectivity index (χ1v) is 6.25. The maximum Gasteiger partial charge on any atom is 0.248 e. The molecular weight excluding hydrogens is 229 g/mol. The van der Waals surface area contributed by atoms with E-state index in [4.69, 9.17) is 0 Å². The molecule has 0 amide bonds. The summed E-state index contributed by atoms with van der Waals surface area (Å²) in [4.78, 5) is 14.6. The minimum Gasteiger partial charge on any atom is -0.326 e. The summed E-state index contributed by atoms with van der Waals surface area (Å²) in [5.41, 5.74) is 4.06. The summed E-state index contributed by atoms with van der Waals surface area (Å²) in [5, 5.41) is 0. The number of H-pyrrole nitrogens is 1. The Labute approximate surface area is 104 Å². The Bertz CT molecular complexity index is 628. The van der Waals surface area contributed by atoms with Gasteiger partial charge in [0.25, 0.3) is 0 Å². The Balaban J connectivity index is 2.19. The molecule has 18 heavy (non-hydrogen) atoms. The number of rotatable bonds is 1. The van der Waals surface area contributed by atoms with E-state index in [2.05, 4.69) is 4.98 Å². The molecule has 0 saturated carbocycles. The lowest BCUT2D eigenvalue weighted by atomic mass is 9.89. The number of aromatic amines is 1. The van der Waals surface area contributed by atoms with Crippen LogP contribution in [0.1, 0.15) is 24.1 Å². The zero-order chi connectivity index (χ0) is 12.5. The van der Waals surface area contributed by atoms with Crippen molar-refractivity contribution in [2.45, 2.75) is 25.7 Å². The van der Waals surface area contributed by atoms with E-state index in [1.54, 1.807) is 18.2 Å². The van der Waals surface area contributed by atoms with Gasteiger partial charge in [0.05, 0.1) is 0 Å². The largest absolute Gasteiger partial charge is 0.326 e. The van der Waals surface area contributed by atoms with Crippen LogP contribution in [0.2, 0.25) is 0 Å². The number of aromatic nitrogens is 1. The SMILES string of the molecule is O=c1cc(-c2ccc(F)cc2)c2c([nH]1)CCCC2. The van der Waals surface area contributed by atoms with Crippen molar-refractivity contribution in [1.82, 2.24) is 4.98 Å². The van der Waals surface area contributed by atoms with Gasteiger partial charge in [-0.15, -0.1) is 0 Å². The third kappa shape index (κ3) is 1.96. The third-order valence-electron chi connectivity index (χ3n) is 3.50. The lowest BCUT2D eigenvalue weighted by Gasteiger charge is -2.18. The van der Waals surface area contributed by atoms with Gasteiger partial charge in [-0.1, -0.05) is 12.1 Å². The van der Waals surface area contributed by atoms with E-state index in [0.29, 0.717) is 0 Å². The van der Waals surface area contributed by atoms with E-state index in [1.165, 1.54) is 17.7 Å². The van der Waals surface area contributed by atoms with Gasteiger partial charge in [-0.05, 0) is 54.5 Å². The summed E-state index contributed by atoms with van der Waals surface area (Å²) < 4.78 is 13.0. The van der Waals surface area contributed by atoms with Gasteiger partial charge in [0.2, 0.25) is 5.56 Å². The Kier molecular flexibility index (Phi) is 2.74. The molecule has 1 heterocycles. The third-order valence-corrected chi connectivity index (χ3v) is 3.50. The summed E-state index contributed by atoms with van der Waals surface area (Å²) in [5.74, 6) is -0.252. The number of benzene rings is 1. The molecule has 2 nitrogen and oxygen atoms in total. The number of halogens is 1. The van der Waals surface area contributed by atoms with Crippen LogP contribution in [0.5, 0.6) is 0 Å². The van der Waals surface area contributed by atoms with Gasteiger partial charge in [0, 0.05) is 11.8 Å². The number of nitrogens with one attached hydrogen (secondary N) is 1. The summed E-state index contributed by atoms with van der Waals surface area (Å²) in [7, 11) is 0. The molecule has 1 aliphatic carbocycles. The Morgan fingerprint density at radius 1 is 1.06 bits per heavy atom. The maximum absolute atomic E-state index is 13.0. The normalized spacial score (nSPS) is 14.3. The monoisotopic (exact) mass is 243 g/mol. The smallest absolute Gasteiger partial charge is 0.248 e. The summed E-state index contributed by atoms with van der Waals surface area (Å²) in [6.45, 7) is 0. The van der Waals surface area contributed by atoms with Gasteiger partial charge in [-0.2, -0.15) is 0 Å². The number of fused-ring (bicyclic) bond motifs is 1. The average molecular weight is 243 g/mol. The number of pyridine rings is 1. The molecular formula is C15H14FNO. The highest BCUT2D eigenvalue weighted by atomic mass is 19.1. The number of hydrogen-bond donors (Lipinski definition) is 1. The lowest BCUT2D eigenvalue weighted by molar-refractivity contribution is 0.628. The van der Waals surface area contributed by atoms with Gasteiger partial charge in [0.1, 0.15) is 5.82 Å². The van der Waals surface area contributed by atoms with Crippen molar-refractivity contribution in [3.8, 4) is 11.1 Å². The summed E-state index contributed by atoms with van der Waals surface area (Å²) in [6, 6.07) is 7.97. The quantitative estimate of drug-likeness (QED) is 0.820. The van der Waals surface area contributed by atoms with Crippen molar-refractivity contribution in [3.05, 3.63) is 57.8 Å². The van der Waals surface area contributed by atoms with Gasteiger partial charge < -0.3 is 4.98 Å². The first-order chi connectivity index (χ1) is 8.74. The fourth-order valence-electron chi connectivity index (χ4n) is 2.63. The van der Waals surface area contributed by atoms with E-state index in [-0.39, 0.29) is 11.4 Å². The fraction of sp³-hybridized carbons (Fsp3) is 0.267. The van der Waals surface area contributed by atoms with Crippen LogP contribution in [-0.2, 0) is 12.8 Å². The van der Waals surface area contributed by atoms with E-state index < -0.39 is 0 Å². The van der Waals surface area contributed by atoms with Crippen LogP contribution in [-0.4, -0.2) is 4.98 Å². The highest BCUT2D eigenvalue weighted by Gasteiger charge is 2.15. The predicted octanol–water partition coefficient (Wildman–Crippen LogP) is 3.06. The molecule has 0 saturated heterocycles. The second kappa shape index (κ2) is 4.41. The molecule has 0 radical (unpaired) electrons. The van der Waals surface area contributed by atoms with Crippen LogP contribution in [0, 0.1) is 5.82 Å². The molecule has 3 rings (SSSR count). The van der Waals surface area contributed by atoms with Crippen molar-refractivity contribution in [1.29, 1.82) is 0 Å².